The zero-order valence-electron chi connectivity index (χ0n) is 21.8. The van der Waals surface area contributed by atoms with E-state index in [4.69, 9.17) is 15.2 Å². The van der Waals surface area contributed by atoms with Gasteiger partial charge in [-0.15, -0.1) is 0 Å². The first-order chi connectivity index (χ1) is 19.4. The first-order valence-corrected chi connectivity index (χ1v) is 13.2. The average molecular weight is 546 g/mol. The summed E-state index contributed by atoms with van der Waals surface area (Å²) in [6.07, 6.45) is 4.49. The van der Waals surface area contributed by atoms with Gasteiger partial charge in [0, 0.05) is 24.3 Å². The summed E-state index contributed by atoms with van der Waals surface area (Å²) in [5.41, 5.74) is 8.91. The Morgan fingerprint density at radius 1 is 1.05 bits per heavy atom. The van der Waals surface area contributed by atoms with Crippen molar-refractivity contribution in [1.29, 1.82) is 0 Å². The minimum Gasteiger partial charge on any atom is -0.493 e. The van der Waals surface area contributed by atoms with Gasteiger partial charge in [-0.1, -0.05) is 48.7 Å². The third-order valence-electron chi connectivity index (χ3n) is 6.80. The fourth-order valence-electron chi connectivity index (χ4n) is 4.58. The fraction of sp³-hybridized carbons (Fsp3) is 0.333. The molecule has 8 nitrogen and oxygen atoms in total. The lowest BCUT2D eigenvalue weighted by atomic mass is 9.87. The second kappa shape index (κ2) is 12.1. The normalized spacial score (nSPS) is 16.4. The maximum absolute atomic E-state index is 14.4. The average Bonchev–Trinajstić information content (AvgIpc) is 3.41. The fourth-order valence-corrected chi connectivity index (χ4v) is 4.58. The van der Waals surface area contributed by atoms with E-state index in [-0.39, 0.29) is 37.8 Å². The van der Waals surface area contributed by atoms with Crippen LogP contribution in [-0.4, -0.2) is 38.2 Å². The van der Waals surface area contributed by atoms with Gasteiger partial charge in [0.1, 0.15) is 17.9 Å². The van der Waals surface area contributed by atoms with Crippen molar-refractivity contribution in [2.45, 2.75) is 51.1 Å². The number of fused-ring (bicyclic) bond motifs is 1. The van der Waals surface area contributed by atoms with Crippen LogP contribution >= 0.6 is 0 Å². The smallest absolute Gasteiger partial charge is 0.311 e. The Morgan fingerprint density at radius 2 is 1.82 bits per heavy atom. The number of carbonyl (C=O) groups is 1. The van der Waals surface area contributed by atoms with E-state index in [1.807, 2.05) is 12.1 Å². The molecule has 0 fully saturated rings. The summed E-state index contributed by atoms with van der Waals surface area (Å²) in [7, 11) is 0. The lowest BCUT2D eigenvalue weighted by Gasteiger charge is -2.24. The van der Waals surface area contributed by atoms with Gasteiger partial charge >= 0.3 is 5.92 Å². The molecule has 0 saturated heterocycles. The third kappa shape index (κ3) is 6.72. The first-order valence-electron chi connectivity index (χ1n) is 13.2. The van der Waals surface area contributed by atoms with Gasteiger partial charge in [0.15, 0.2) is 11.4 Å². The third-order valence-corrected chi connectivity index (χ3v) is 6.80. The van der Waals surface area contributed by atoms with Crippen LogP contribution in [0, 0.1) is 17.8 Å². The van der Waals surface area contributed by atoms with E-state index in [2.05, 4.69) is 31.8 Å². The highest BCUT2D eigenvalue weighted by Gasteiger charge is 2.37. The van der Waals surface area contributed by atoms with E-state index in [9.17, 15) is 13.6 Å². The maximum Gasteiger partial charge on any atom is 0.311 e. The number of H-pyrrole nitrogens is 1. The number of ketones is 1. The van der Waals surface area contributed by atoms with Crippen LogP contribution in [0.2, 0.25) is 0 Å². The van der Waals surface area contributed by atoms with Crippen LogP contribution in [0.25, 0.3) is 11.2 Å². The number of aromatic nitrogens is 4. The second-order valence-corrected chi connectivity index (χ2v) is 9.71. The summed E-state index contributed by atoms with van der Waals surface area (Å²) < 4.78 is 40.3. The largest absolute Gasteiger partial charge is 0.493 e. The Kier molecular flexibility index (Phi) is 8.20. The molecular formula is C30H29F2N5O3. The Balaban J connectivity index is 1.08. The van der Waals surface area contributed by atoms with Crippen molar-refractivity contribution in [1.82, 2.24) is 19.9 Å². The predicted octanol–water partition coefficient (Wildman–Crippen LogP) is 5.54. The zero-order valence-corrected chi connectivity index (χ0v) is 21.8. The monoisotopic (exact) mass is 545 g/mol. The number of nitrogen functional groups attached to an aromatic ring is 1. The number of ether oxygens (including phenoxy) is 2. The van der Waals surface area contributed by atoms with Gasteiger partial charge in [-0.3, -0.25) is 4.79 Å². The van der Waals surface area contributed by atoms with E-state index in [1.54, 1.807) is 36.4 Å². The van der Waals surface area contributed by atoms with E-state index < -0.39 is 11.8 Å². The molecule has 1 atom stereocenters. The predicted molar refractivity (Wildman–Crippen MR) is 146 cm³/mol. The highest BCUT2D eigenvalue weighted by molar-refractivity contribution is 5.96. The van der Waals surface area contributed by atoms with Crippen molar-refractivity contribution in [2.24, 2.45) is 5.92 Å². The molecule has 2 aromatic carbocycles. The van der Waals surface area contributed by atoms with E-state index >= 15 is 0 Å². The molecule has 5 rings (SSSR count). The highest BCUT2D eigenvalue weighted by atomic mass is 19.3. The number of hydrogen-bond donors (Lipinski definition) is 2. The molecule has 0 radical (unpaired) electrons. The van der Waals surface area contributed by atoms with Gasteiger partial charge in [-0.05, 0) is 48.4 Å². The number of benzene rings is 2. The van der Waals surface area contributed by atoms with Crippen molar-refractivity contribution < 1.29 is 23.0 Å². The summed E-state index contributed by atoms with van der Waals surface area (Å²) in [6.45, 7) is 0.465. The van der Waals surface area contributed by atoms with Crippen LogP contribution in [0.3, 0.4) is 0 Å². The first kappa shape index (κ1) is 27.1. The van der Waals surface area contributed by atoms with Gasteiger partial charge in [0.2, 0.25) is 11.8 Å². The minimum atomic E-state index is -2.99. The molecule has 0 aliphatic heterocycles. The molecule has 4 aromatic rings. The molecule has 10 heteroatoms. The molecule has 3 N–H and O–H groups in total. The number of rotatable bonds is 10. The molecule has 0 spiro atoms. The van der Waals surface area contributed by atoms with Gasteiger partial charge in [0.05, 0.1) is 12.9 Å². The number of Topliss-reactive ketones (excluding diaryl/α,β-unsaturated/α-hetero) is 1. The minimum absolute atomic E-state index is 0.0760. The summed E-state index contributed by atoms with van der Waals surface area (Å²) in [5.74, 6) is 1.89. The number of carbonyl (C=O) groups excluding carboxylic acids is 1. The van der Waals surface area contributed by atoms with Crippen molar-refractivity contribution in [3.63, 3.8) is 0 Å². The molecule has 40 heavy (non-hydrogen) atoms. The zero-order chi connectivity index (χ0) is 28.0. The quantitative estimate of drug-likeness (QED) is 0.199. The van der Waals surface area contributed by atoms with Crippen LogP contribution in [-0.2, 0) is 13.0 Å². The molecule has 0 amide bonds. The summed E-state index contributed by atoms with van der Waals surface area (Å²) in [6, 6.07) is 14.2. The van der Waals surface area contributed by atoms with Crippen LogP contribution in [0.5, 0.6) is 11.6 Å². The lowest BCUT2D eigenvalue weighted by Crippen LogP contribution is -2.29. The van der Waals surface area contributed by atoms with Crippen molar-refractivity contribution in [3.05, 3.63) is 71.5 Å². The molecule has 1 aliphatic carbocycles. The van der Waals surface area contributed by atoms with Gasteiger partial charge in [0.25, 0.3) is 0 Å². The molecule has 0 saturated carbocycles. The Bertz CT molecular complexity index is 1530. The summed E-state index contributed by atoms with van der Waals surface area (Å²) in [4.78, 5) is 27.8. The number of anilines is 1. The molecule has 2 heterocycles. The van der Waals surface area contributed by atoms with Crippen LogP contribution in [0.4, 0.5) is 14.7 Å². The van der Waals surface area contributed by atoms with Crippen molar-refractivity contribution >= 4 is 22.9 Å². The number of nitrogens with zero attached hydrogens (tertiary/aromatic N) is 3. The van der Waals surface area contributed by atoms with Gasteiger partial charge in [-0.25, -0.2) is 4.98 Å². The standard InChI is InChI=1S/C30H29F2N5O3/c31-30(32)15-4-2-1-3-5-23(30)17-20-6-10-22(11-7-20)25(38)14-16-39-24-12-8-21(9-13-24)18-40-28-26-27(35-19-34-26)36-29(33)37-28/h6-13,19,23H,1-3,5,14,16-18H2,(H3,33,34,35,36,37). The SMILES string of the molecule is Nc1nc(OCc2ccc(OCCC(=O)c3ccc(CC4CCCCC#CC4(F)F)cc3)cc2)c2[nH]cnc2n1. The van der Waals surface area contributed by atoms with E-state index in [1.165, 1.54) is 6.33 Å². The van der Waals surface area contributed by atoms with E-state index in [0.717, 1.165) is 24.0 Å². The van der Waals surface area contributed by atoms with Crippen LogP contribution in [0.15, 0.2) is 54.9 Å². The van der Waals surface area contributed by atoms with Crippen LogP contribution < -0.4 is 15.2 Å². The van der Waals surface area contributed by atoms with Gasteiger partial charge in [-0.2, -0.15) is 18.7 Å². The number of nitrogens with one attached hydrogen (secondary N) is 1. The molecule has 1 aliphatic rings. The number of nitrogens with two attached hydrogens (primary N) is 1. The Morgan fingerprint density at radius 3 is 2.62 bits per heavy atom. The molecule has 206 valence electrons. The number of aromatic amines is 1. The van der Waals surface area contributed by atoms with E-state index in [0.29, 0.717) is 41.2 Å². The van der Waals surface area contributed by atoms with Crippen LogP contribution in [0.1, 0.15) is 53.6 Å². The number of imidazole rings is 1. The summed E-state index contributed by atoms with van der Waals surface area (Å²) >= 11 is 0. The number of halogens is 2. The van der Waals surface area contributed by atoms with Gasteiger partial charge < -0.3 is 20.2 Å². The Labute approximate surface area is 230 Å². The number of alkyl halides is 2. The molecular weight excluding hydrogens is 516 g/mol. The number of hydrogen-bond acceptors (Lipinski definition) is 7. The summed E-state index contributed by atoms with van der Waals surface area (Å²) in [5, 5.41) is 0. The molecule has 0 bridgehead atoms. The van der Waals surface area contributed by atoms with Crippen molar-refractivity contribution in [3.8, 4) is 23.5 Å². The lowest BCUT2D eigenvalue weighted by molar-refractivity contribution is -0.00443. The Hall–Kier alpha value is -4.52. The topological polar surface area (TPSA) is 116 Å². The highest BCUT2D eigenvalue weighted by Crippen LogP contribution is 2.33. The maximum atomic E-state index is 14.4. The second-order valence-electron chi connectivity index (χ2n) is 9.71. The van der Waals surface area contributed by atoms with Crippen molar-refractivity contribution in [2.75, 3.05) is 12.3 Å². The molecule has 1 unspecified atom stereocenters. The molecule has 2 aromatic heterocycles.